The number of benzene rings is 1. The van der Waals surface area contributed by atoms with E-state index in [0.717, 1.165) is 25.1 Å². The second-order valence-electron chi connectivity index (χ2n) is 3.12. The van der Waals surface area contributed by atoms with Crippen molar-refractivity contribution in [3.05, 3.63) is 29.8 Å². The molecule has 0 saturated heterocycles. The van der Waals surface area contributed by atoms with Gasteiger partial charge in [-0.25, -0.2) is 4.79 Å². The second kappa shape index (κ2) is 5.71. The van der Waals surface area contributed by atoms with E-state index in [1.54, 1.807) is 18.2 Å². The van der Waals surface area contributed by atoms with Crippen molar-refractivity contribution < 1.29 is 9.90 Å². The highest BCUT2D eigenvalue weighted by Crippen LogP contribution is 2.10. The topological polar surface area (TPSA) is 49.3 Å². The maximum atomic E-state index is 10.7. The van der Waals surface area contributed by atoms with Gasteiger partial charge in [0.15, 0.2) is 0 Å². The Kier molecular flexibility index (Phi) is 4.24. The number of rotatable bonds is 5. The predicted molar refractivity (Wildman–Crippen MR) is 60.0 cm³/mol. The van der Waals surface area contributed by atoms with Crippen LogP contribution in [0, 0.1) is 12.3 Å². The van der Waals surface area contributed by atoms with Crippen molar-refractivity contribution in [3.8, 4) is 12.3 Å². The molecule has 0 aliphatic heterocycles. The molecule has 3 nitrogen and oxygen atoms in total. The number of hydrogen-bond acceptors (Lipinski definition) is 2. The normalized spacial score (nSPS) is 9.27. The molecule has 1 aromatic carbocycles. The minimum atomic E-state index is -0.915. The van der Waals surface area contributed by atoms with E-state index in [9.17, 15) is 4.79 Å². The molecule has 0 radical (unpaired) electrons. The number of nitrogens with one attached hydrogen (secondary N) is 1. The molecule has 15 heavy (non-hydrogen) atoms. The zero-order chi connectivity index (χ0) is 11.1. The molecule has 0 amide bonds. The van der Waals surface area contributed by atoms with Gasteiger partial charge in [-0.15, -0.1) is 12.3 Å². The number of aromatic carboxylic acids is 1. The van der Waals surface area contributed by atoms with E-state index < -0.39 is 5.97 Å². The van der Waals surface area contributed by atoms with E-state index >= 15 is 0 Å². The van der Waals surface area contributed by atoms with Gasteiger partial charge >= 0.3 is 5.97 Å². The molecular weight excluding hydrogens is 190 g/mol. The molecule has 78 valence electrons. The van der Waals surface area contributed by atoms with Crippen LogP contribution in [0.1, 0.15) is 23.2 Å². The van der Waals surface area contributed by atoms with Gasteiger partial charge < -0.3 is 10.4 Å². The average Bonchev–Trinajstić information content (AvgIpc) is 2.25. The van der Waals surface area contributed by atoms with Crippen LogP contribution in [-0.4, -0.2) is 17.6 Å². The van der Waals surface area contributed by atoms with Gasteiger partial charge in [0, 0.05) is 18.7 Å². The fourth-order valence-corrected chi connectivity index (χ4v) is 1.19. The third kappa shape index (κ3) is 3.74. The summed E-state index contributed by atoms with van der Waals surface area (Å²) in [5.41, 5.74) is 1.10. The second-order valence-corrected chi connectivity index (χ2v) is 3.12. The lowest BCUT2D eigenvalue weighted by Crippen LogP contribution is -2.03. The van der Waals surface area contributed by atoms with Crippen LogP contribution in [0.25, 0.3) is 0 Å². The van der Waals surface area contributed by atoms with Crippen LogP contribution >= 0.6 is 0 Å². The summed E-state index contributed by atoms with van der Waals surface area (Å²) in [7, 11) is 0. The molecule has 1 rings (SSSR count). The van der Waals surface area contributed by atoms with Gasteiger partial charge in [-0.2, -0.15) is 0 Å². The molecule has 0 aromatic heterocycles. The van der Waals surface area contributed by atoms with Gasteiger partial charge in [0.2, 0.25) is 0 Å². The fourth-order valence-electron chi connectivity index (χ4n) is 1.19. The molecule has 3 heteroatoms. The van der Waals surface area contributed by atoms with Crippen molar-refractivity contribution in [1.29, 1.82) is 0 Å². The number of carboxylic acid groups (broad SMARTS) is 1. The summed E-state index contributed by atoms with van der Waals surface area (Å²) in [5, 5.41) is 11.9. The van der Waals surface area contributed by atoms with Crippen molar-refractivity contribution in [2.24, 2.45) is 0 Å². The lowest BCUT2D eigenvalue weighted by atomic mass is 10.2. The predicted octanol–water partition coefficient (Wildman–Crippen LogP) is 2.21. The highest BCUT2D eigenvalue weighted by Gasteiger charge is 2.01. The summed E-state index contributed by atoms with van der Waals surface area (Å²) < 4.78 is 0. The van der Waals surface area contributed by atoms with Crippen LogP contribution < -0.4 is 5.32 Å². The lowest BCUT2D eigenvalue weighted by molar-refractivity contribution is 0.0697. The molecule has 0 aliphatic rings. The van der Waals surface area contributed by atoms with Crippen LogP contribution in [0.5, 0.6) is 0 Å². The zero-order valence-electron chi connectivity index (χ0n) is 8.36. The highest BCUT2D eigenvalue weighted by molar-refractivity contribution is 5.88. The van der Waals surface area contributed by atoms with Gasteiger partial charge in [0.1, 0.15) is 0 Å². The molecule has 0 bridgehead atoms. The first-order chi connectivity index (χ1) is 7.24. The minimum Gasteiger partial charge on any atom is -0.478 e. The molecule has 0 unspecified atom stereocenters. The smallest absolute Gasteiger partial charge is 0.335 e. The first-order valence-corrected chi connectivity index (χ1v) is 4.74. The van der Waals surface area contributed by atoms with Crippen LogP contribution in [0.4, 0.5) is 5.69 Å². The lowest BCUT2D eigenvalue weighted by Gasteiger charge is -2.05. The summed E-state index contributed by atoms with van der Waals surface area (Å²) in [5.74, 6) is 1.63. The Morgan fingerprint density at radius 2 is 2.33 bits per heavy atom. The molecule has 0 atom stereocenters. The van der Waals surface area contributed by atoms with Crippen molar-refractivity contribution >= 4 is 11.7 Å². The number of unbranched alkanes of at least 4 members (excludes halogenated alkanes) is 1. The Morgan fingerprint density at radius 3 is 3.00 bits per heavy atom. The van der Waals surface area contributed by atoms with E-state index in [-0.39, 0.29) is 5.56 Å². The summed E-state index contributed by atoms with van der Waals surface area (Å²) >= 11 is 0. The first kappa shape index (κ1) is 11.1. The minimum absolute atomic E-state index is 0.289. The van der Waals surface area contributed by atoms with E-state index in [1.807, 2.05) is 6.07 Å². The van der Waals surface area contributed by atoms with Crippen LogP contribution in [-0.2, 0) is 0 Å². The molecule has 0 heterocycles. The van der Waals surface area contributed by atoms with E-state index in [1.165, 1.54) is 0 Å². The van der Waals surface area contributed by atoms with Gasteiger partial charge in [0.25, 0.3) is 0 Å². The molecule has 0 spiro atoms. The standard InChI is InChI=1S/C12H13NO2/c1-2-3-4-8-13-11-7-5-6-10(9-11)12(14)15/h1,5-7,9,13H,3-4,8H2,(H,14,15). The fraction of sp³-hybridized carbons (Fsp3) is 0.250. The Morgan fingerprint density at radius 1 is 1.53 bits per heavy atom. The van der Waals surface area contributed by atoms with Crippen LogP contribution in [0.15, 0.2) is 24.3 Å². The largest absolute Gasteiger partial charge is 0.478 e. The molecular formula is C12H13NO2. The quantitative estimate of drug-likeness (QED) is 0.569. The summed E-state index contributed by atoms with van der Waals surface area (Å²) in [4.78, 5) is 10.7. The highest BCUT2D eigenvalue weighted by atomic mass is 16.4. The Bertz CT molecular complexity index is 379. The maximum Gasteiger partial charge on any atom is 0.335 e. The van der Waals surface area contributed by atoms with Crippen molar-refractivity contribution in [2.75, 3.05) is 11.9 Å². The zero-order valence-corrected chi connectivity index (χ0v) is 8.36. The SMILES string of the molecule is C#CCCCNc1cccc(C(=O)O)c1. The Hall–Kier alpha value is -1.95. The number of carboxylic acids is 1. The van der Waals surface area contributed by atoms with Gasteiger partial charge in [-0.3, -0.25) is 0 Å². The van der Waals surface area contributed by atoms with E-state index in [0.29, 0.717) is 0 Å². The average molecular weight is 203 g/mol. The molecule has 0 saturated carbocycles. The Balaban J connectivity index is 2.51. The summed E-state index contributed by atoms with van der Waals surface area (Å²) in [6.07, 6.45) is 6.73. The van der Waals surface area contributed by atoms with Crippen molar-refractivity contribution in [1.82, 2.24) is 0 Å². The van der Waals surface area contributed by atoms with Crippen molar-refractivity contribution in [2.45, 2.75) is 12.8 Å². The molecule has 0 aliphatic carbocycles. The van der Waals surface area contributed by atoms with E-state index in [2.05, 4.69) is 11.2 Å². The maximum absolute atomic E-state index is 10.7. The number of terminal acetylenes is 1. The molecule has 0 fully saturated rings. The van der Waals surface area contributed by atoms with E-state index in [4.69, 9.17) is 11.5 Å². The first-order valence-electron chi connectivity index (χ1n) is 4.74. The van der Waals surface area contributed by atoms with Gasteiger partial charge in [-0.1, -0.05) is 6.07 Å². The monoisotopic (exact) mass is 203 g/mol. The summed E-state index contributed by atoms with van der Waals surface area (Å²) in [6.45, 7) is 0.757. The summed E-state index contributed by atoms with van der Waals surface area (Å²) in [6, 6.07) is 6.72. The van der Waals surface area contributed by atoms with Crippen molar-refractivity contribution in [3.63, 3.8) is 0 Å². The number of hydrogen-bond donors (Lipinski definition) is 2. The van der Waals surface area contributed by atoms with Gasteiger partial charge in [-0.05, 0) is 24.6 Å². The number of anilines is 1. The van der Waals surface area contributed by atoms with Crippen LogP contribution in [0.2, 0.25) is 0 Å². The van der Waals surface area contributed by atoms with Crippen LogP contribution in [0.3, 0.4) is 0 Å². The molecule has 2 N–H and O–H groups in total. The number of carbonyl (C=O) groups is 1. The van der Waals surface area contributed by atoms with Gasteiger partial charge in [0.05, 0.1) is 5.56 Å². The molecule has 1 aromatic rings. The third-order valence-corrected chi connectivity index (χ3v) is 1.94. The third-order valence-electron chi connectivity index (χ3n) is 1.94. The Labute approximate surface area is 89.1 Å².